The molecule has 0 saturated carbocycles. The molecule has 0 spiro atoms. The largest absolute Gasteiger partial charge is 0.450 e. The van der Waals surface area contributed by atoms with Gasteiger partial charge in [0, 0.05) is 0 Å². The summed E-state index contributed by atoms with van der Waals surface area (Å²) in [4.78, 5) is 34.8. The van der Waals surface area contributed by atoms with Gasteiger partial charge in [-0.1, -0.05) is 18.2 Å². The molecule has 5 rings (SSSR count). The molecular formula is C24H18N4O3S2. The topological polar surface area (TPSA) is 91.2 Å². The number of furan rings is 1. The van der Waals surface area contributed by atoms with E-state index in [1.807, 2.05) is 56.3 Å². The number of carbonyl (C=O) groups excluding carboxylic acids is 2. The van der Waals surface area contributed by atoms with Gasteiger partial charge in [-0.3, -0.25) is 19.8 Å². The van der Waals surface area contributed by atoms with E-state index in [-0.39, 0.29) is 10.7 Å². The number of H-pyrrole nitrogens is 1. The van der Waals surface area contributed by atoms with Crippen LogP contribution in [-0.4, -0.2) is 26.9 Å². The fraction of sp³-hybridized carbons (Fsp3) is 0.0833. The molecule has 0 atom stereocenters. The van der Waals surface area contributed by atoms with Crippen molar-refractivity contribution < 1.29 is 14.0 Å². The number of fused-ring (bicyclic) bond motifs is 1. The highest BCUT2D eigenvalue weighted by molar-refractivity contribution is 7.99. The second kappa shape index (κ2) is 8.34. The number of benzene rings is 2. The molecule has 2 aromatic carbocycles. The maximum Gasteiger partial charge on any atom is 0.270 e. The summed E-state index contributed by atoms with van der Waals surface area (Å²) in [5.74, 6) is -0.689. The summed E-state index contributed by atoms with van der Waals surface area (Å²) in [6.45, 7) is 3.88. The molecular weight excluding hydrogens is 456 g/mol. The molecule has 33 heavy (non-hydrogen) atoms. The molecule has 1 saturated heterocycles. The summed E-state index contributed by atoms with van der Waals surface area (Å²) in [6, 6.07) is 16.9. The zero-order valence-electron chi connectivity index (χ0n) is 17.7. The third-order valence-electron chi connectivity index (χ3n) is 5.02. The number of amides is 2. The minimum atomic E-state index is -0.562. The zero-order chi connectivity index (χ0) is 23.1. The lowest BCUT2D eigenvalue weighted by Gasteiger charge is -2.29. The molecule has 4 aromatic rings. The highest BCUT2D eigenvalue weighted by atomic mass is 32.2. The number of nitrogens with one attached hydrogen (secondary N) is 2. The van der Waals surface area contributed by atoms with E-state index in [9.17, 15) is 9.59 Å². The van der Waals surface area contributed by atoms with Crippen molar-refractivity contribution in [2.24, 2.45) is 0 Å². The summed E-state index contributed by atoms with van der Waals surface area (Å²) in [7, 11) is 0. The number of hydrogen-bond acceptors (Lipinski definition) is 6. The molecule has 1 fully saturated rings. The number of imidazole rings is 1. The smallest absolute Gasteiger partial charge is 0.270 e. The lowest BCUT2D eigenvalue weighted by molar-refractivity contribution is -0.122. The van der Waals surface area contributed by atoms with Crippen molar-refractivity contribution in [3.63, 3.8) is 0 Å². The van der Waals surface area contributed by atoms with E-state index in [0.29, 0.717) is 21.7 Å². The van der Waals surface area contributed by atoms with E-state index < -0.39 is 11.8 Å². The fourth-order valence-corrected chi connectivity index (χ4v) is 4.70. The van der Waals surface area contributed by atoms with Crippen LogP contribution in [0.5, 0.6) is 0 Å². The van der Waals surface area contributed by atoms with E-state index in [0.717, 1.165) is 22.2 Å². The van der Waals surface area contributed by atoms with Crippen molar-refractivity contribution in [1.29, 1.82) is 0 Å². The van der Waals surface area contributed by atoms with Gasteiger partial charge in [-0.05, 0) is 91.4 Å². The van der Waals surface area contributed by atoms with Gasteiger partial charge in [0.1, 0.15) is 11.3 Å². The van der Waals surface area contributed by atoms with Crippen LogP contribution in [0.1, 0.15) is 16.9 Å². The van der Waals surface area contributed by atoms with E-state index >= 15 is 0 Å². The van der Waals surface area contributed by atoms with Crippen LogP contribution in [0.4, 0.5) is 5.69 Å². The molecule has 1 aliphatic heterocycles. The molecule has 3 heterocycles. The van der Waals surface area contributed by atoms with Crippen LogP contribution < -0.4 is 10.2 Å². The van der Waals surface area contributed by atoms with Crippen LogP contribution in [-0.2, 0) is 9.59 Å². The highest BCUT2D eigenvalue weighted by Crippen LogP contribution is 2.30. The monoisotopic (exact) mass is 474 g/mol. The molecule has 0 aliphatic carbocycles. The molecule has 0 unspecified atom stereocenters. The van der Waals surface area contributed by atoms with Crippen molar-refractivity contribution in [2.75, 3.05) is 4.90 Å². The predicted octanol–water partition coefficient (Wildman–Crippen LogP) is 4.76. The van der Waals surface area contributed by atoms with Crippen molar-refractivity contribution >= 4 is 63.7 Å². The number of carbonyl (C=O) groups is 2. The standard InChI is InChI=1S/C24H18N4O3S2/c1-13-9-14(2)11-15(10-13)28-22(30)17(21(29)27-24(28)32)12-16-7-8-20(31-16)33-23-25-18-5-3-4-6-19(18)26-23/h3-12H,1-2H3,(H,25,26)(H,27,29,32)/b17-12+. The van der Waals surface area contributed by atoms with Gasteiger partial charge in [0.2, 0.25) is 0 Å². The van der Waals surface area contributed by atoms with Gasteiger partial charge >= 0.3 is 0 Å². The number of thiocarbonyl (C=S) groups is 1. The molecule has 9 heteroatoms. The van der Waals surface area contributed by atoms with E-state index in [4.69, 9.17) is 16.6 Å². The molecule has 1 aliphatic rings. The Labute approximate surface area is 198 Å². The first-order chi connectivity index (χ1) is 15.9. The summed E-state index contributed by atoms with van der Waals surface area (Å²) in [5, 5.41) is 3.90. The van der Waals surface area contributed by atoms with Gasteiger partial charge in [0.05, 0.1) is 16.7 Å². The fourth-order valence-electron chi connectivity index (χ4n) is 3.65. The molecule has 2 amide bonds. The van der Waals surface area contributed by atoms with Crippen molar-refractivity contribution in [1.82, 2.24) is 15.3 Å². The Morgan fingerprint density at radius 2 is 1.82 bits per heavy atom. The Balaban J connectivity index is 1.42. The van der Waals surface area contributed by atoms with Crippen LogP contribution >= 0.6 is 24.0 Å². The van der Waals surface area contributed by atoms with Gasteiger partial charge in [0.25, 0.3) is 11.8 Å². The second-order valence-corrected chi connectivity index (χ2v) is 9.00. The SMILES string of the molecule is Cc1cc(C)cc(N2C(=O)/C(=C/c3ccc(Sc4nc5ccccc5[nH]4)o3)C(=O)NC2=S)c1. The summed E-state index contributed by atoms with van der Waals surface area (Å²) in [5.41, 5.74) is 4.32. The number of anilines is 1. The number of para-hydroxylation sites is 2. The number of rotatable bonds is 4. The van der Waals surface area contributed by atoms with Gasteiger partial charge in [-0.15, -0.1) is 0 Å². The number of aromatic nitrogens is 2. The summed E-state index contributed by atoms with van der Waals surface area (Å²) in [6.07, 6.45) is 1.43. The number of nitrogens with zero attached hydrogens (tertiary/aromatic N) is 2. The van der Waals surface area contributed by atoms with Gasteiger partial charge in [-0.25, -0.2) is 4.98 Å². The average Bonchev–Trinajstić information content (AvgIpc) is 3.36. The normalized spacial score (nSPS) is 15.5. The second-order valence-electron chi connectivity index (χ2n) is 7.62. The molecule has 7 nitrogen and oxygen atoms in total. The average molecular weight is 475 g/mol. The first kappa shape index (κ1) is 21.2. The van der Waals surface area contributed by atoms with Crippen molar-refractivity contribution in [3.05, 3.63) is 77.1 Å². The van der Waals surface area contributed by atoms with Crippen LogP contribution in [0.2, 0.25) is 0 Å². The Bertz CT molecular complexity index is 1410. The first-order valence-electron chi connectivity index (χ1n) is 10.1. The van der Waals surface area contributed by atoms with E-state index in [1.165, 1.54) is 22.7 Å². The Morgan fingerprint density at radius 1 is 1.06 bits per heavy atom. The van der Waals surface area contributed by atoms with Crippen LogP contribution in [0.3, 0.4) is 0 Å². The number of hydrogen-bond donors (Lipinski definition) is 2. The lowest BCUT2D eigenvalue weighted by atomic mass is 10.1. The number of aromatic amines is 1. The minimum absolute atomic E-state index is 0.0488. The Morgan fingerprint density at radius 3 is 2.58 bits per heavy atom. The third kappa shape index (κ3) is 4.20. The van der Waals surface area contributed by atoms with Gasteiger partial charge in [0.15, 0.2) is 15.4 Å². The maximum absolute atomic E-state index is 13.2. The highest BCUT2D eigenvalue weighted by Gasteiger charge is 2.35. The Hall–Kier alpha value is -3.69. The number of aryl methyl sites for hydroxylation is 2. The molecule has 0 radical (unpaired) electrons. The third-order valence-corrected chi connectivity index (χ3v) is 6.11. The van der Waals surface area contributed by atoms with Crippen LogP contribution in [0.15, 0.2) is 74.8 Å². The molecule has 164 valence electrons. The first-order valence-corrected chi connectivity index (χ1v) is 11.3. The quantitative estimate of drug-likeness (QED) is 0.252. The van der Waals surface area contributed by atoms with Gasteiger partial charge < -0.3 is 9.40 Å². The van der Waals surface area contributed by atoms with Crippen molar-refractivity contribution in [2.45, 2.75) is 24.1 Å². The summed E-state index contributed by atoms with van der Waals surface area (Å²) < 4.78 is 5.83. The Kier molecular flexibility index (Phi) is 5.35. The summed E-state index contributed by atoms with van der Waals surface area (Å²) >= 11 is 6.60. The van der Waals surface area contributed by atoms with E-state index in [1.54, 1.807) is 12.1 Å². The minimum Gasteiger partial charge on any atom is -0.450 e. The predicted molar refractivity (Wildman–Crippen MR) is 131 cm³/mol. The molecule has 2 N–H and O–H groups in total. The maximum atomic E-state index is 13.2. The molecule has 2 aromatic heterocycles. The van der Waals surface area contributed by atoms with Crippen molar-refractivity contribution in [3.8, 4) is 0 Å². The van der Waals surface area contributed by atoms with Crippen LogP contribution in [0, 0.1) is 13.8 Å². The zero-order valence-corrected chi connectivity index (χ0v) is 19.3. The van der Waals surface area contributed by atoms with Crippen LogP contribution in [0.25, 0.3) is 17.1 Å². The molecule has 0 bridgehead atoms. The van der Waals surface area contributed by atoms with E-state index in [2.05, 4.69) is 15.3 Å². The lowest BCUT2D eigenvalue weighted by Crippen LogP contribution is -2.54. The van der Waals surface area contributed by atoms with Gasteiger partial charge in [-0.2, -0.15) is 0 Å².